The van der Waals surface area contributed by atoms with Gasteiger partial charge in [-0.05, 0) is 25.7 Å². The number of rotatable bonds is 4. The number of nitrogens with zero attached hydrogens (tertiary/aromatic N) is 2. The molecule has 5 heteroatoms. The molecule has 1 saturated carbocycles. The summed E-state index contributed by atoms with van der Waals surface area (Å²) in [5.41, 5.74) is 0. The molecule has 1 aliphatic carbocycles. The lowest BCUT2D eigenvalue weighted by molar-refractivity contribution is 0.113. The maximum atomic E-state index is 12.3. The molecule has 0 aromatic heterocycles. The van der Waals surface area contributed by atoms with E-state index in [2.05, 4.69) is 15.2 Å². The number of hydrogen-bond acceptors (Lipinski definition) is 3. The first-order valence-corrected chi connectivity index (χ1v) is 5.51. The Hall–Kier alpha value is -0.870. The van der Waals surface area contributed by atoms with Gasteiger partial charge in [-0.25, -0.2) is 8.78 Å². The number of nitrogens with one attached hydrogen (secondary N) is 1. The van der Waals surface area contributed by atoms with Gasteiger partial charge in [0.15, 0.2) is 5.96 Å². The van der Waals surface area contributed by atoms with Crippen LogP contribution in [0.2, 0.25) is 0 Å². The fourth-order valence-corrected chi connectivity index (χ4v) is 1.68. The van der Waals surface area contributed by atoms with E-state index in [9.17, 15) is 8.78 Å². The number of alkyl halides is 2. The third-order valence-electron chi connectivity index (χ3n) is 2.84. The Morgan fingerprint density at radius 1 is 1.53 bits per heavy atom. The van der Waals surface area contributed by atoms with Gasteiger partial charge in [-0.1, -0.05) is 0 Å². The van der Waals surface area contributed by atoms with Crippen molar-refractivity contribution in [3.63, 3.8) is 0 Å². The Morgan fingerprint density at radius 2 is 2.27 bits per heavy atom. The minimum Gasteiger partial charge on any atom is -0.348 e. The molecular formula is C10H17F2N3. The predicted molar refractivity (Wildman–Crippen MR) is 55.2 cm³/mol. The monoisotopic (exact) mass is 217 g/mol. The number of halogens is 2. The summed E-state index contributed by atoms with van der Waals surface area (Å²) >= 11 is 0. The van der Waals surface area contributed by atoms with Crippen LogP contribution in [0.1, 0.15) is 19.8 Å². The molecule has 0 spiro atoms. The van der Waals surface area contributed by atoms with Crippen molar-refractivity contribution >= 4 is 5.96 Å². The van der Waals surface area contributed by atoms with Crippen molar-refractivity contribution in [2.75, 3.05) is 19.6 Å². The van der Waals surface area contributed by atoms with Gasteiger partial charge in [0.25, 0.3) is 6.43 Å². The molecule has 0 aromatic rings. The third kappa shape index (κ3) is 2.79. The van der Waals surface area contributed by atoms with Crippen molar-refractivity contribution in [3.8, 4) is 0 Å². The minimum atomic E-state index is -2.34. The van der Waals surface area contributed by atoms with E-state index in [-0.39, 0.29) is 0 Å². The molecule has 15 heavy (non-hydrogen) atoms. The summed E-state index contributed by atoms with van der Waals surface area (Å²) in [7, 11) is 0. The van der Waals surface area contributed by atoms with E-state index in [0.717, 1.165) is 25.6 Å². The van der Waals surface area contributed by atoms with E-state index in [1.807, 2.05) is 0 Å². The second kappa shape index (κ2) is 4.33. The minimum absolute atomic E-state index is 0.662. The van der Waals surface area contributed by atoms with Crippen molar-refractivity contribution in [2.45, 2.75) is 32.2 Å². The van der Waals surface area contributed by atoms with Crippen LogP contribution < -0.4 is 5.32 Å². The Morgan fingerprint density at radius 3 is 2.87 bits per heavy atom. The van der Waals surface area contributed by atoms with Crippen LogP contribution in [0.5, 0.6) is 0 Å². The van der Waals surface area contributed by atoms with E-state index in [1.165, 1.54) is 19.8 Å². The van der Waals surface area contributed by atoms with Crippen molar-refractivity contribution in [1.29, 1.82) is 0 Å². The molecule has 1 fully saturated rings. The van der Waals surface area contributed by atoms with Gasteiger partial charge in [0.2, 0.25) is 0 Å². The van der Waals surface area contributed by atoms with Crippen LogP contribution in [0.4, 0.5) is 8.78 Å². The fraction of sp³-hybridized carbons (Fsp3) is 0.900. The Kier molecular flexibility index (Phi) is 3.07. The standard InChI is InChI=1S/C10H17F2N3/c1-7(9(11)12)14-10-13-4-5-15(10)6-8-2-3-8/h7-9H,2-6H2,1H3,(H,13,14). The highest BCUT2D eigenvalue weighted by Gasteiger charge is 2.28. The average molecular weight is 217 g/mol. The van der Waals surface area contributed by atoms with Gasteiger partial charge in [-0.2, -0.15) is 0 Å². The highest BCUT2D eigenvalue weighted by molar-refractivity contribution is 5.81. The normalized spacial score (nSPS) is 23.2. The highest BCUT2D eigenvalue weighted by Crippen LogP contribution is 2.30. The molecule has 2 aliphatic rings. The van der Waals surface area contributed by atoms with E-state index < -0.39 is 12.5 Å². The van der Waals surface area contributed by atoms with Crippen molar-refractivity contribution in [2.24, 2.45) is 10.9 Å². The molecule has 1 unspecified atom stereocenters. The molecule has 0 amide bonds. The van der Waals surface area contributed by atoms with Crippen molar-refractivity contribution < 1.29 is 8.78 Å². The molecule has 1 heterocycles. The second-order valence-corrected chi connectivity index (χ2v) is 4.36. The van der Waals surface area contributed by atoms with Gasteiger partial charge >= 0.3 is 0 Å². The molecule has 2 rings (SSSR count). The van der Waals surface area contributed by atoms with Crippen LogP contribution in [0.3, 0.4) is 0 Å². The summed E-state index contributed by atoms with van der Waals surface area (Å²) in [4.78, 5) is 6.31. The largest absolute Gasteiger partial charge is 0.348 e. The first-order chi connectivity index (χ1) is 7.16. The first-order valence-electron chi connectivity index (χ1n) is 5.51. The van der Waals surface area contributed by atoms with Crippen LogP contribution in [0.25, 0.3) is 0 Å². The van der Waals surface area contributed by atoms with Gasteiger partial charge in [0.1, 0.15) is 0 Å². The van der Waals surface area contributed by atoms with Gasteiger partial charge in [0, 0.05) is 13.1 Å². The smallest absolute Gasteiger partial charge is 0.258 e. The number of hydrogen-bond donors (Lipinski definition) is 1. The zero-order valence-electron chi connectivity index (χ0n) is 8.92. The first kappa shape index (κ1) is 10.6. The molecule has 1 atom stereocenters. The topological polar surface area (TPSA) is 27.6 Å². The Bertz CT molecular complexity index is 251. The quantitative estimate of drug-likeness (QED) is 0.769. The zero-order valence-corrected chi connectivity index (χ0v) is 8.92. The third-order valence-corrected chi connectivity index (χ3v) is 2.84. The SMILES string of the molecule is CC(NC1=NCCN1CC1CC1)C(F)F. The van der Waals surface area contributed by atoms with Crippen LogP contribution in [0, 0.1) is 5.92 Å². The lowest BCUT2D eigenvalue weighted by Gasteiger charge is -2.23. The van der Waals surface area contributed by atoms with Crippen LogP contribution >= 0.6 is 0 Å². The van der Waals surface area contributed by atoms with E-state index in [1.54, 1.807) is 0 Å². The summed E-state index contributed by atoms with van der Waals surface area (Å²) in [5.74, 6) is 1.42. The maximum Gasteiger partial charge on any atom is 0.258 e. The van der Waals surface area contributed by atoms with E-state index in [4.69, 9.17) is 0 Å². The highest BCUT2D eigenvalue weighted by atomic mass is 19.3. The number of guanidine groups is 1. The summed E-state index contributed by atoms with van der Waals surface area (Å²) in [6, 6.07) is -0.816. The average Bonchev–Trinajstić information content (AvgIpc) is 2.88. The Labute approximate surface area is 88.5 Å². The van der Waals surface area contributed by atoms with Crippen LogP contribution in [-0.2, 0) is 0 Å². The summed E-state index contributed by atoms with van der Waals surface area (Å²) in [6.07, 6.45) is 0.207. The molecule has 86 valence electrons. The predicted octanol–water partition coefficient (Wildman–Crippen LogP) is 1.31. The fourth-order valence-electron chi connectivity index (χ4n) is 1.68. The zero-order chi connectivity index (χ0) is 10.8. The second-order valence-electron chi connectivity index (χ2n) is 4.36. The number of aliphatic imine (C=N–C) groups is 1. The summed E-state index contributed by atoms with van der Waals surface area (Å²) in [5, 5.41) is 2.79. The Balaban J connectivity index is 1.83. The summed E-state index contributed by atoms with van der Waals surface area (Å²) in [6.45, 7) is 4.06. The molecule has 3 nitrogen and oxygen atoms in total. The van der Waals surface area contributed by atoms with Gasteiger partial charge in [-0.3, -0.25) is 4.99 Å². The van der Waals surface area contributed by atoms with Gasteiger partial charge < -0.3 is 10.2 Å². The molecule has 0 bridgehead atoms. The van der Waals surface area contributed by atoms with Gasteiger partial charge in [0.05, 0.1) is 12.6 Å². The molecule has 1 aliphatic heterocycles. The lowest BCUT2D eigenvalue weighted by Crippen LogP contribution is -2.45. The van der Waals surface area contributed by atoms with Crippen molar-refractivity contribution in [1.82, 2.24) is 10.2 Å². The molecule has 0 aromatic carbocycles. The summed E-state index contributed by atoms with van der Waals surface area (Å²) < 4.78 is 24.7. The van der Waals surface area contributed by atoms with Gasteiger partial charge in [-0.15, -0.1) is 0 Å². The van der Waals surface area contributed by atoms with Crippen molar-refractivity contribution in [3.05, 3.63) is 0 Å². The molecule has 0 radical (unpaired) electrons. The maximum absolute atomic E-state index is 12.3. The molecular weight excluding hydrogens is 200 g/mol. The van der Waals surface area contributed by atoms with E-state index >= 15 is 0 Å². The lowest BCUT2D eigenvalue weighted by atomic mass is 10.3. The molecule has 1 N–H and O–H groups in total. The molecule has 0 saturated heterocycles. The van der Waals surface area contributed by atoms with Crippen LogP contribution in [-0.4, -0.2) is 43.0 Å². The van der Waals surface area contributed by atoms with Crippen LogP contribution in [0.15, 0.2) is 4.99 Å². The van der Waals surface area contributed by atoms with E-state index in [0.29, 0.717) is 5.96 Å².